The number of benzene rings is 1. The van der Waals surface area contributed by atoms with Crippen LogP contribution in [0.2, 0.25) is 0 Å². The van der Waals surface area contributed by atoms with Crippen molar-refractivity contribution in [3.05, 3.63) is 42.5 Å². The molecule has 0 saturated heterocycles. The summed E-state index contributed by atoms with van der Waals surface area (Å²) in [6.45, 7) is 4.25. The van der Waals surface area contributed by atoms with Crippen molar-refractivity contribution < 1.29 is 0 Å². The van der Waals surface area contributed by atoms with Crippen LogP contribution in [-0.4, -0.2) is 29.2 Å². The lowest BCUT2D eigenvalue weighted by molar-refractivity contribution is 0.583. The normalized spacial score (nSPS) is 18.9. The minimum atomic E-state index is 0.512. The smallest absolute Gasteiger partial charge is 0.127 e. The van der Waals surface area contributed by atoms with Crippen LogP contribution >= 0.6 is 0 Å². The highest BCUT2D eigenvalue weighted by Gasteiger charge is 2.24. The van der Waals surface area contributed by atoms with Crippen molar-refractivity contribution in [2.24, 2.45) is 7.05 Å². The molecule has 1 aliphatic heterocycles. The van der Waals surface area contributed by atoms with Crippen molar-refractivity contribution in [2.75, 3.05) is 23.4 Å². The van der Waals surface area contributed by atoms with Crippen molar-refractivity contribution >= 4 is 11.4 Å². The van der Waals surface area contributed by atoms with Gasteiger partial charge in [-0.2, -0.15) is 0 Å². The van der Waals surface area contributed by atoms with E-state index in [1.54, 1.807) is 0 Å². The van der Waals surface area contributed by atoms with Gasteiger partial charge in [-0.15, -0.1) is 0 Å². The molecule has 0 bridgehead atoms. The first-order valence-corrected chi connectivity index (χ1v) is 7.20. The second-order valence-corrected chi connectivity index (χ2v) is 5.63. The van der Waals surface area contributed by atoms with Crippen LogP contribution in [0.1, 0.15) is 19.2 Å². The van der Waals surface area contributed by atoms with Gasteiger partial charge in [0.05, 0.1) is 17.9 Å². The van der Waals surface area contributed by atoms with E-state index in [0.29, 0.717) is 6.04 Å². The van der Waals surface area contributed by atoms with E-state index in [-0.39, 0.29) is 0 Å². The zero-order valence-corrected chi connectivity index (χ0v) is 12.5. The zero-order valence-electron chi connectivity index (χ0n) is 12.5. The molecule has 1 unspecified atom stereocenters. The number of fused-ring (bicyclic) bond motifs is 1. The van der Waals surface area contributed by atoms with Gasteiger partial charge in [0, 0.05) is 39.1 Å². The maximum Gasteiger partial charge on any atom is 0.127 e. The van der Waals surface area contributed by atoms with Crippen LogP contribution in [0.15, 0.2) is 36.7 Å². The molecule has 1 aromatic heterocycles. The van der Waals surface area contributed by atoms with Gasteiger partial charge in [0.15, 0.2) is 0 Å². The molecule has 2 heterocycles. The van der Waals surface area contributed by atoms with Crippen molar-refractivity contribution in [1.82, 2.24) is 9.55 Å². The minimum Gasteiger partial charge on any atom is -0.373 e. The van der Waals surface area contributed by atoms with Gasteiger partial charge in [0.25, 0.3) is 0 Å². The Labute approximate surface area is 120 Å². The van der Waals surface area contributed by atoms with E-state index < -0.39 is 0 Å². The summed E-state index contributed by atoms with van der Waals surface area (Å²) in [6, 6.07) is 9.17. The molecule has 20 heavy (non-hydrogen) atoms. The van der Waals surface area contributed by atoms with Gasteiger partial charge in [0.2, 0.25) is 0 Å². The largest absolute Gasteiger partial charge is 0.373 e. The molecule has 0 saturated carbocycles. The van der Waals surface area contributed by atoms with E-state index in [1.165, 1.54) is 11.4 Å². The Morgan fingerprint density at radius 1 is 1.20 bits per heavy atom. The lowest BCUT2D eigenvalue weighted by Crippen LogP contribution is -2.33. The molecular formula is C16H22N4. The van der Waals surface area contributed by atoms with Crippen LogP contribution in [-0.2, 0) is 13.6 Å². The van der Waals surface area contributed by atoms with E-state index in [4.69, 9.17) is 0 Å². The standard InChI is InChI=1S/C16H22N4/c1-13-8-10-18(2)14-6-4-5-7-15(14)20(13)12-16-17-9-11-19(16)3/h4-7,9,11,13H,8,10,12H2,1-3H3. The quantitative estimate of drug-likeness (QED) is 0.838. The fourth-order valence-corrected chi connectivity index (χ4v) is 2.87. The van der Waals surface area contributed by atoms with Crippen LogP contribution in [0.3, 0.4) is 0 Å². The molecule has 2 aromatic rings. The lowest BCUT2D eigenvalue weighted by atomic mass is 10.2. The number of aryl methyl sites for hydroxylation is 1. The Kier molecular flexibility index (Phi) is 3.38. The molecule has 0 fully saturated rings. The third-order valence-corrected chi connectivity index (χ3v) is 4.25. The number of hydrogen-bond donors (Lipinski definition) is 0. The van der Waals surface area contributed by atoms with Gasteiger partial charge in [-0.1, -0.05) is 12.1 Å². The molecule has 0 amide bonds. The van der Waals surface area contributed by atoms with E-state index in [0.717, 1.165) is 25.3 Å². The monoisotopic (exact) mass is 270 g/mol. The summed E-state index contributed by atoms with van der Waals surface area (Å²) in [4.78, 5) is 9.30. The van der Waals surface area contributed by atoms with E-state index in [9.17, 15) is 0 Å². The average Bonchev–Trinajstić information content (AvgIpc) is 2.82. The Balaban J connectivity index is 1.99. The van der Waals surface area contributed by atoms with Crippen molar-refractivity contribution in [3.8, 4) is 0 Å². The summed E-state index contributed by atoms with van der Waals surface area (Å²) in [7, 11) is 4.23. The zero-order chi connectivity index (χ0) is 14.1. The number of hydrogen-bond acceptors (Lipinski definition) is 3. The Morgan fingerprint density at radius 3 is 2.65 bits per heavy atom. The second-order valence-electron chi connectivity index (χ2n) is 5.63. The summed E-state index contributed by atoms with van der Waals surface area (Å²) in [5.41, 5.74) is 2.62. The topological polar surface area (TPSA) is 24.3 Å². The molecule has 4 heteroatoms. The molecular weight excluding hydrogens is 248 g/mol. The Bertz CT molecular complexity index is 590. The SMILES string of the molecule is CC1CCN(C)c2ccccc2N1Cc1nccn1C. The van der Waals surface area contributed by atoms with Gasteiger partial charge in [-0.05, 0) is 25.5 Å². The van der Waals surface area contributed by atoms with Gasteiger partial charge in [-0.3, -0.25) is 0 Å². The number of aromatic nitrogens is 2. The molecule has 0 radical (unpaired) electrons. The molecule has 0 aliphatic carbocycles. The van der Waals surface area contributed by atoms with Gasteiger partial charge in [-0.25, -0.2) is 4.98 Å². The fourth-order valence-electron chi connectivity index (χ4n) is 2.87. The predicted molar refractivity (Wildman–Crippen MR) is 83.2 cm³/mol. The Hall–Kier alpha value is -1.97. The number of imidazole rings is 1. The maximum atomic E-state index is 4.47. The third kappa shape index (κ3) is 2.26. The molecule has 1 aromatic carbocycles. The summed E-state index contributed by atoms with van der Waals surface area (Å²) in [5, 5.41) is 0. The van der Waals surface area contributed by atoms with Crippen LogP contribution < -0.4 is 9.80 Å². The summed E-state index contributed by atoms with van der Waals surface area (Å²) in [6.07, 6.45) is 5.04. The molecule has 106 valence electrons. The first-order chi connectivity index (χ1) is 9.66. The average molecular weight is 270 g/mol. The highest BCUT2D eigenvalue weighted by Crippen LogP contribution is 2.34. The molecule has 3 rings (SSSR count). The molecule has 1 atom stereocenters. The summed E-state index contributed by atoms with van der Waals surface area (Å²) < 4.78 is 2.10. The van der Waals surface area contributed by atoms with E-state index in [1.807, 2.05) is 12.4 Å². The first kappa shape index (κ1) is 13.0. The fraction of sp³-hybridized carbons (Fsp3) is 0.438. The molecule has 4 nitrogen and oxygen atoms in total. The van der Waals surface area contributed by atoms with Gasteiger partial charge >= 0.3 is 0 Å². The number of para-hydroxylation sites is 2. The van der Waals surface area contributed by atoms with Crippen molar-refractivity contribution in [1.29, 1.82) is 0 Å². The molecule has 1 aliphatic rings. The number of rotatable bonds is 2. The summed E-state index contributed by atoms with van der Waals surface area (Å²) in [5.74, 6) is 1.11. The molecule has 0 spiro atoms. The van der Waals surface area contributed by atoms with Crippen molar-refractivity contribution in [3.63, 3.8) is 0 Å². The van der Waals surface area contributed by atoms with Crippen LogP contribution in [0.25, 0.3) is 0 Å². The second kappa shape index (κ2) is 5.19. The van der Waals surface area contributed by atoms with Crippen LogP contribution in [0.4, 0.5) is 11.4 Å². The molecule has 0 N–H and O–H groups in total. The maximum absolute atomic E-state index is 4.47. The Morgan fingerprint density at radius 2 is 1.95 bits per heavy atom. The van der Waals surface area contributed by atoms with E-state index >= 15 is 0 Å². The lowest BCUT2D eigenvalue weighted by Gasteiger charge is -2.30. The number of anilines is 2. The number of nitrogens with zero attached hydrogens (tertiary/aromatic N) is 4. The van der Waals surface area contributed by atoms with Gasteiger partial charge in [0.1, 0.15) is 5.82 Å². The van der Waals surface area contributed by atoms with Crippen LogP contribution in [0.5, 0.6) is 0 Å². The first-order valence-electron chi connectivity index (χ1n) is 7.20. The predicted octanol–water partition coefficient (Wildman–Crippen LogP) is 2.66. The third-order valence-electron chi connectivity index (χ3n) is 4.25. The minimum absolute atomic E-state index is 0.512. The van der Waals surface area contributed by atoms with Crippen LogP contribution in [0, 0.1) is 0 Å². The highest BCUT2D eigenvalue weighted by molar-refractivity contribution is 5.72. The van der Waals surface area contributed by atoms with Gasteiger partial charge < -0.3 is 14.4 Å². The summed E-state index contributed by atoms with van der Waals surface area (Å²) >= 11 is 0. The van der Waals surface area contributed by atoms with E-state index in [2.05, 4.69) is 64.6 Å². The highest BCUT2D eigenvalue weighted by atomic mass is 15.2. The van der Waals surface area contributed by atoms with Crippen molar-refractivity contribution in [2.45, 2.75) is 25.9 Å².